The minimum atomic E-state index is 0.752. The lowest BCUT2D eigenvalue weighted by atomic mass is 10.0. The highest BCUT2D eigenvalue weighted by Gasteiger charge is 2.12. The van der Waals surface area contributed by atoms with Crippen molar-refractivity contribution in [1.29, 1.82) is 5.26 Å². The first kappa shape index (κ1) is 9.92. The summed E-state index contributed by atoms with van der Waals surface area (Å²) in [6, 6.07) is 14.4. The fourth-order valence-electron chi connectivity index (χ4n) is 2.56. The van der Waals surface area contributed by atoms with Crippen LogP contribution in [0.1, 0.15) is 11.1 Å². The Bertz CT molecular complexity index is 773. The van der Waals surface area contributed by atoms with E-state index in [9.17, 15) is 5.26 Å². The van der Waals surface area contributed by atoms with E-state index in [2.05, 4.69) is 41.8 Å². The van der Waals surface area contributed by atoms with Crippen LogP contribution >= 0.6 is 0 Å². The normalized spacial score (nSPS) is 10.9. The Hall–Kier alpha value is -2.27. The molecule has 0 aliphatic carbocycles. The molecule has 2 nitrogen and oxygen atoms in total. The molecule has 17 heavy (non-hydrogen) atoms. The Morgan fingerprint density at radius 1 is 1.00 bits per heavy atom. The van der Waals surface area contributed by atoms with Crippen molar-refractivity contribution in [3.8, 4) is 6.07 Å². The molecule has 0 atom stereocenters. The maximum Gasteiger partial charge on any atom is 0.0998 e. The number of rotatable bonds is 0. The van der Waals surface area contributed by atoms with Crippen molar-refractivity contribution in [3.63, 3.8) is 0 Å². The number of nitrogens with zero attached hydrogens (tertiary/aromatic N) is 2. The number of benzene rings is 2. The molecule has 0 unspecified atom stereocenters. The van der Waals surface area contributed by atoms with E-state index in [1.165, 1.54) is 16.5 Å². The van der Waals surface area contributed by atoms with Gasteiger partial charge in [-0.3, -0.25) is 0 Å². The van der Waals surface area contributed by atoms with Gasteiger partial charge < -0.3 is 4.57 Å². The predicted molar refractivity (Wildman–Crippen MR) is 69.9 cm³/mol. The minimum Gasteiger partial charge on any atom is -0.344 e. The van der Waals surface area contributed by atoms with Crippen LogP contribution in [0.5, 0.6) is 0 Å². The van der Waals surface area contributed by atoms with E-state index < -0.39 is 0 Å². The van der Waals surface area contributed by atoms with Gasteiger partial charge in [-0.05, 0) is 30.7 Å². The van der Waals surface area contributed by atoms with Crippen LogP contribution in [0.3, 0.4) is 0 Å². The summed E-state index contributed by atoms with van der Waals surface area (Å²) in [5, 5.41) is 11.5. The van der Waals surface area contributed by atoms with Gasteiger partial charge in [-0.25, -0.2) is 0 Å². The van der Waals surface area contributed by atoms with Gasteiger partial charge in [0.1, 0.15) is 0 Å². The van der Waals surface area contributed by atoms with Crippen molar-refractivity contribution in [2.75, 3.05) is 0 Å². The van der Waals surface area contributed by atoms with E-state index in [1.807, 2.05) is 19.2 Å². The molecule has 3 aromatic rings. The maximum atomic E-state index is 9.24. The Labute approximate surface area is 99.7 Å². The van der Waals surface area contributed by atoms with Crippen molar-refractivity contribution in [1.82, 2.24) is 4.57 Å². The minimum absolute atomic E-state index is 0.752. The van der Waals surface area contributed by atoms with Crippen molar-refractivity contribution in [2.45, 2.75) is 6.92 Å². The summed E-state index contributed by atoms with van der Waals surface area (Å²) < 4.78 is 2.15. The van der Waals surface area contributed by atoms with Crippen LogP contribution in [0.2, 0.25) is 0 Å². The molecule has 2 heteroatoms. The molecule has 0 amide bonds. The second-order valence-electron chi connectivity index (χ2n) is 4.34. The Morgan fingerprint density at radius 3 is 2.35 bits per heavy atom. The summed E-state index contributed by atoms with van der Waals surface area (Å²) in [4.78, 5) is 0. The van der Waals surface area contributed by atoms with Crippen LogP contribution in [0.15, 0.2) is 36.4 Å². The van der Waals surface area contributed by atoms with Crippen LogP contribution in [0.25, 0.3) is 21.8 Å². The summed E-state index contributed by atoms with van der Waals surface area (Å²) in [6.45, 7) is 2.09. The summed E-state index contributed by atoms with van der Waals surface area (Å²) >= 11 is 0. The Balaban J connectivity index is 2.72. The molecule has 1 heterocycles. The quantitative estimate of drug-likeness (QED) is 0.570. The van der Waals surface area contributed by atoms with Gasteiger partial charge in [0.15, 0.2) is 0 Å². The van der Waals surface area contributed by atoms with Crippen LogP contribution in [-0.4, -0.2) is 4.57 Å². The first-order valence-electron chi connectivity index (χ1n) is 5.61. The third-order valence-electron chi connectivity index (χ3n) is 3.39. The number of hydrogen-bond donors (Lipinski definition) is 0. The number of hydrogen-bond acceptors (Lipinski definition) is 1. The van der Waals surface area contributed by atoms with Crippen LogP contribution in [0.4, 0.5) is 0 Å². The smallest absolute Gasteiger partial charge is 0.0998 e. The third kappa shape index (κ3) is 1.20. The molecule has 1 aromatic heterocycles. The molecule has 82 valence electrons. The van der Waals surface area contributed by atoms with E-state index in [-0.39, 0.29) is 0 Å². The van der Waals surface area contributed by atoms with Gasteiger partial charge >= 0.3 is 0 Å². The molecule has 0 aliphatic heterocycles. The molecular weight excluding hydrogens is 208 g/mol. The highest BCUT2D eigenvalue weighted by Crippen LogP contribution is 2.32. The van der Waals surface area contributed by atoms with E-state index in [4.69, 9.17) is 0 Å². The second-order valence-corrected chi connectivity index (χ2v) is 4.34. The van der Waals surface area contributed by atoms with Crippen molar-refractivity contribution < 1.29 is 0 Å². The highest BCUT2D eigenvalue weighted by molar-refractivity contribution is 6.12. The van der Waals surface area contributed by atoms with Crippen molar-refractivity contribution in [3.05, 3.63) is 47.5 Å². The summed E-state index contributed by atoms with van der Waals surface area (Å²) in [7, 11) is 2.05. The molecule has 0 saturated carbocycles. The Morgan fingerprint density at radius 2 is 1.65 bits per heavy atom. The molecule has 3 rings (SSSR count). The van der Waals surface area contributed by atoms with Crippen LogP contribution in [0, 0.1) is 18.3 Å². The maximum absolute atomic E-state index is 9.24. The zero-order valence-corrected chi connectivity index (χ0v) is 9.86. The lowest BCUT2D eigenvalue weighted by Crippen LogP contribution is -1.86. The van der Waals surface area contributed by atoms with E-state index in [0.29, 0.717) is 0 Å². The summed E-state index contributed by atoms with van der Waals surface area (Å²) in [5.74, 6) is 0. The monoisotopic (exact) mass is 220 g/mol. The van der Waals surface area contributed by atoms with Gasteiger partial charge in [0.05, 0.1) is 17.1 Å². The molecule has 0 aliphatic rings. The molecule has 0 N–H and O–H groups in total. The SMILES string of the molecule is Cc1cccc2c1c1c(C#N)cccc1n2C. The average Bonchev–Trinajstić information content (AvgIpc) is 2.65. The van der Waals surface area contributed by atoms with Crippen molar-refractivity contribution >= 4 is 21.8 Å². The molecule has 0 saturated heterocycles. The van der Waals surface area contributed by atoms with Gasteiger partial charge in [0.2, 0.25) is 0 Å². The predicted octanol–water partition coefficient (Wildman–Crippen LogP) is 3.51. The fraction of sp³-hybridized carbons (Fsp3) is 0.133. The average molecular weight is 220 g/mol. The molecule has 0 spiro atoms. The van der Waals surface area contributed by atoms with E-state index in [0.717, 1.165) is 16.5 Å². The zero-order valence-electron chi connectivity index (χ0n) is 9.86. The second kappa shape index (κ2) is 3.36. The molecule has 2 aromatic carbocycles. The van der Waals surface area contributed by atoms with Gasteiger partial charge in [-0.2, -0.15) is 5.26 Å². The van der Waals surface area contributed by atoms with Crippen LogP contribution < -0.4 is 0 Å². The Kier molecular flexibility index (Phi) is 1.96. The third-order valence-corrected chi connectivity index (χ3v) is 3.39. The lowest BCUT2D eigenvalue weighted by molar-refractivity contribution is 1.01. The van der Waals surface area contributed by atoms with Gasteiger partial charge in [-0.15, -0.1) is 0 Å². The first-order chi connectivity index (χ1) is 8.24. The summed E-state index contributed by atoms with van der Waals surface area (Å²) in [6.07, 6.45) is 0. The fourth-order valence-corrected chi connectivity index (χ4v) is 2.56. The zero-order chi connectivity index (χ0) is 12.0. The highest BCUT2D eigenvalue weighted by atomic mass is 14.9. The molecule has 0 radical (unpaired) electrons. The number of aromatic nitrogens is 1. The van der Waals surface area contributed by atoms with Gasteiger partial charge in [-0.1, -0.05) is 18.2 Å². The van der Waals surface area contributed by atoms with Gasteiger partial charge in [0, 0.05) is 23.3 Å². The lowest BCUT2D eigenvalue weighted by Gasteiger charge is -1.98. The number of fused-ring (bicyclic) bond motifs is 3. The number of nitriles is 1. The topological polar surface area (TPSA) is 28.7 Å². The molecule has 0 fully saturated rings. The number of aryl methyl sites for hydroxylation is 2. The summed E-state index contributed by atoms with van der Waals surface area (Å²) in [5.41, 5.74) is 4.27. The molecular formula is C15H12N2. The van der Waals surface area contributed by atoms with E-state index >= 15 is 0 Å². The van der Waals surface area contributed by atoms with Crippen molar-refractivity contribution in [2.24, 2.45) is 7.05 Å². The first-order valence-corrected chi connectivity index (χ1v) is 5.61. The largest absolute Gasteiger partial charge is 0.344 e. The van der Waals surface area contributed by atoms with E-state index in [1.54, 1.807) is 0 Å². The van der Waals surface area contributed by atoms with Crippen LogP contribution in [-0.2, 0) is 7.05 Å². The molecule has 0 bridgehead atoms. The van der Waals surface area contributed by atoms with Gasteiger partial charge in [0.25, 0.3) is 0 Å². The standard InChI is InChI=1S/C15H12N2/c1-10-5-3-7-12-14(10)15-11(9-16)6-4-8-13(15)17(12)2/h3-8H,1-2H3.